The van der Waals surface area contributed by atoms with E-state index in [-0.39, 0.29) is 0 Å². The topological polar surface area (TPSA) is 64.6 Å². The van der Waals surface area contributed by atoms with Crippen molar-refractivity contribution in [2.75, 3.05) is 19.9 Å². The van der Waals surface area contributed by atoms with Crippen molar-refractivity contribution in [3.05, 3.63) is 0 Å². The van der Waals surface area contributed by atoms with Crippen molar-refractivity contribution in [1.82, 2.24) is 5.09 Å². The largest absolute Gasteiger partial charge is 0.465 e. The molecule has 0 rings (SSSR count). The van der Waals surface area contributed by atoms with Gasteiger partial charge in [-0.1, -0.05) is 0 Å². The Balaban J connectivity index is 4.10. The number of esters is 1. The Kier molecular flexibility index (Phi) is 6.00. The summed E-state index contributed by atoms with van der Waals surface area (Å²) in [6, 6.07) is -0.614. The summed E-state index contributed by atoms with van der Waals surface area (Å²) in [5.74, 6) is -0.422. The van der Waals surface area contributed by atoms with Gasteiger partial charge < -0.3 is 9.26 Å². The highest BCUT2D eigenvalue weighted by Gasteiger charge is 2.23. The third kappa shape index (κ3) is 5.37. The Morgan fingerprint density at radius 2 is 2.00 bits per heavy atom. The van der Waals surface area contributed by atoms with E-state index in [1.54, 1.807) is 20.8 Å². The second-order valence-electron chi connectivity index (χ2n) is 2.87. The molecule has 0 amide bonds. The first-order valence-electron chi connectivity index (χ1n) is 4.59. The highest BCUT2D eigenvalue weighted by Crippen LogP contribution is 2.37. The van der Waals surface area contributed by atoms with Crippen LogP contribution in [0.4, 0.5) is 0 Å². The number of hydrogen-bond donors (Lipinski definition) is 1. The molecule has 5 nitrogen and oxygen atoms in total. The average Bonchev–Trinajstić information content (AvgIpc) is 2.03. The lowest BCUT2D eigenvalue weighted by atomic mass is 10.4. The van der Waals surface area contributed by atoms with Crippen LogP contribution in [0.2, 0.25) is 0 Å². The van der Waals surface area contributed by atoms with Crippen LogP contribution < -0.4 is 5.09 Å². The van der Waals surface area contributed by atoms with E-state index in [0.717, 1.165) is 0 Å². The van der Waals surface area contributed by atoms with Gasteiger partial charge in [0.15, 0.2) is 0 Å². The van der Waals surface area contributed by atoms with Crippen LogP contribution in [0.3, 0.4) is 0 Å². The van der Waals surface area contributed by atoms with Gasteiger partial charge in [0, 0.05) is 6.66 Å². The fourth-order valence-corrected chi connectivity index (χ4v) is 2.33. The van der Waals surface area contributed by atoms with E-state index in [1.165, 1.54) is 6.66 Å². The summed E-state index contributed by atoms with van der Waals surface area (Å²) in [4.78, 5) is 11.2. The van der Waals surface area contributed by atoms with Crippen molar-refractivity contribution < 1.29 is 18.6 Å². The first-order chi connectivity index (χ1) is 6.43. The Bertz CT molecular complexity index is 231. The maximum atomic E-state index is 11.6. The number of carbonyl (C=O) groups is 1. The van der Waals surface area contributed by atoms with Crippen LogP contribution in [-0.4, -0.2) is 31.9 Å². The second kappa shape index (κ2) is 6.17. The van der Waals surface area contributed by atoms with Gasteiger partial charge in [-0.3, -0.25) is 9.36 Å². The molecule has 0 aromatic carbocycles. The van der Waals surface area contributed by atoms with Gasteiger partial charge in [-0.25, -0.2) is 5.09 Å². The van der Waals surface area contributed by atoms with E-state index in [2.05, 4.69) is 5.09 Å². The van der Waals surface area contributed by atoms with Crippen LogP contribution in [-0.2, 0) is 18.6 Å². The molecule has 6 heteroatoms. The first-order valence-corrected chi connectivity index (χ1v) is 6.66. The van der Waals surface area contributed by atoms with Crippen LogP contribution in [0, 0.1) is 0 Å². The lowest BCUT2D eigenvalue weighted by Crippen LogP contribution is -2.33. The lowest BCUT2D eigenvalue weighted by Gasteiger charge is -2.18. The van der Waals surface area contributed by atoms with Crippen molar-refractivity contribution in [1.29, 1.82) is 0 Å². The third-order valence-corrected chi connectivity index (χ3v) is 3.05. The van der Waals surface area contributed by atoms with Gasteiger partial charge in [-0.05, 0) is 20.8 Å². The van der Waals surface area contributed by atoms with E-state index in [1.807, 2.05) is 0 Å². The number of nitrogens with one attached hydrogen (secondary N) is 1. The molecule has 2 atom stereocenters. The van der Waals surface area contributed by atoms with Gasteiger partial charge in [0.25, 0.3) is 7.52 Å². The maximum absolute atomic E-state index is 11.6. The minimum atomic E-state index is -2.88. The second-order valence-corrected chi connectivity index (χ2v) is 5.07. The molecule has 84 valence electrons. The molecule has 1 N–H and O–H groups in total. The van der Waals surface area contributed by atoms with Gasteiger partial charge in [0.1, 0.15) is 6.04 Å². The van der Waals surface area contributed by atoms with Crippen molar-refractivity contribution in [2.24, 2.45) is 0 Å². The quantitative estimate of drug-likeness (QED) is 0.544. The Morgan fingerprint density at radius 1 is 1.43 bits per heavy atom. The predicted molar refractivity (Wildman–Crippen MR) is 54.4 cm³/mol. The summed E-state index contributed by atoms with van der Waals surface area (Å²) >= 11 is 0. The summed E-state index contributed by atoms with van der Waals surface area (Å²) in [6.45, 7) is 7.15. The summed E-state index contributed by atoms with van der Waals surface area (Å²) in [5, 5.41) is 2.60. The minimum Gasteiger partial charge on any atom is -0.465 e. The molecule has 0 aliphatic carbocycles. The molecule has 0 saturated heterocycles. The zero-order valence-electron chi connectivity index (χ0n) is 9.07. The van der Waals surface area contributed by atoms with Crippen molar-refractivity contribution in [2.45, 2.75) is 26.8 Å². The van der Waals surface area contributed by atoms with Gasteiger partial charge in [0.05, 0.1) is 13.2 Å². The Labute approximate surface area is 84.7 Å². The molecule has 14 heavy (non-hydrogen) atoms. The maximum Gasteiger partial charge on any atom is 0.323 e. The minimum absolute atomic E-state index is 0.313. The summed E-state index contributed by atoms with van der Waals surface area (Å²) in [6.07, 6.45) is 0. The van der Waals surface area contributed by atoms with Gasteiger partial charge in [-0.15, -0.1) is 0 Å². The monoisotopic (exact) mass is 223 g/mol. The molecule has 0 bridgehead atoms. The molecular weight excluding hydrogens is 205 g/mol. The van der Waals surface area contributed by atoms with Gasteiger partial charge >= 0.3 is 5.97 Å². The normalized spacial score (nSPS) is 17.1. The van der Waals surface area contributed by atoms with Gasteiger partial charge in [-0.2, -0.15) is 0 Å². The van der Waals surface area contributed by atoms with Crippen LogP contribution in [0.15, 0.2) is 0 Å². The summed E-state index contributed by atoms with van der Waals surface area (Å²) in [7, 11) is -2.88. The fourth-order valence-electron chi connectivity index (χ4n) is 0.955. The van der Waals surface area contributed by atoms with E-state index in [0.29, 0.717) is 13.2 Å². The standard InChI is InChI=1S/C8H18NO4P/c1-5-12-8(10)7(3)9-14(4,11)13-6-2/h7H,5-6H2,1-4H3,(H,9,11). The highest BCUT2D eigenvalue weighted by atomic mass is 31.2. The van der Waals surface area contributed by atoms with Crippen LogP contribution in [0.5, 0.6) is 0 Å². The van der Waals surface area contributed by atoms with Crippen LogP contribution in [0.25, 0.3) is 0 Å². The first kappa shape index (κ1) is 13.6. The SMILES string of the molecule is CCOC(=O)C(C)NP(C)(=O)OCC. The summed E-state index contributed by atoms with van der Waals surface area (Å²) < 4.78 is 21.3. The number of hydrogen-bond acceptors (Lipinski definition) is 4. The van der Waals surface area contributed by atoms with E-state index < -0.39 is 19.5 Å². The molecule has 0 aromatic rings. The zero-order chi connectivity index (χ0) is 11.2. The molecule has 2 unspecified atom stereocenters. The Hall–Kier alpha value is -0.380. The zero-order valence-corrected chi connectivity index (χ0v) is 9.97. The average molecular weight is 223 g/mol. The molecule has 0 saturated carbocycles. The number of carbonyl (C=O) groups excluding carboxylic acids is 1. The van der Waals surface area contributed by atoms with Crippen molar-refractivity contribution >= 4 is 13.5 Å². The smallest absolute Gasteiger partial charge is 0.323 e. The van der Waals surface area contributed by atoms with E-state index in [9.17, 15) is 9.36 Å². The molecular formula is C8H18NO4P. The van der Waals surface area contributed by atoms with Crippen LogP contribution >= 0.6 is 7.52 Å². The molecule has 0 aliphatic rings. The van der Waals surface area contributed by atoms with E-state index in [4.69, 9.17) is 9.26 Å². The molecule has 0 fully saturated rings. The van der Waals surface area contributed by atoms with E-state index >= 15 is 0 Å². The highest BCUT2D eigenvalue weighted by molar-refractivity contribution is 7.56. The lowest BCUT2D eigenvalue weighted by molar-refractivity contribution is -0.144. The van der Waals surface area contributed by atoms with Gasteiger partial charge in [0.2, 0.25) is 0 Å². The number of ether oxygens (including phenoxy) is 1. The Morgan fingerprint density at radius 3 is 2.43 bits per heavy atom. The number of rotatable bonds is 6. The summed E-state index contributed by atoms with van der Waals surface area (Å²) in [5.41, 5.74) is 0. The molecule has 0 radical (unpaired) electrons. The molecule has 0 heterocycles. The third-order valence-electron chi connectivity index (χ3n) is 1.44. The van der Waals surface area contributed by atoms with Crippen LogP contribution in [0.1, 0.15) is 20.8 Å². The molecule has 0 aliphatic heterocycles. The predicted octanol–water partition coefficient (Wildman–Crippen LogP) is 1.39. The molecule has 0 aromatic heterocycles. The fraction of sp³-hybridized carbons (Fsp3) is 0.875. The molecule has 0 spiro atoms. The van der Waals surface area contributed by atoms with Crippen molar-refractivity contribution in [3.63, 3.8) is 0 Å². The van der Waals surface area contributed by atoms with Crippen molar-refractivity contribution in [3.8, 4) is 0 Å².